The Balaban J connectivity index is 1.69. The number of rotatable bonds is 6. The number of nitrogens with zero attached hydrogens (tertiary/aromatic N) is 1. The molecule has 3 rings (SSSR count). The molecule has 1 amide bonds. The number of carbonyl (C=O) groups excluding carboxylic acids is 1. The molecular formula is C20H23N3O4. The number of benzene rings is 2. The fraction of sp³-hybridized carbons (Fsp3) is 0.350. The van der Waals surface area contributed by atoms with E-state index in [9.17, 15) is 20.0 Å². The predicted octanol–water partition coefficient (Wildman–Crippen LogP) is 3.24. The number of carbonyl (C=O) groups is 1. The summed E-state index contributed by atoms with van der Waals surface area (Å²) in [4.78, 5) is 23.4. The molecule has 0 atom stereocenters. The van der Waals surface area contributed by atoms with Gasteiger partial charge in [0.05, 0.1) is 11.0 Å². The molecule has 3 N–H and O–H groups in total. The van der Waals surface area contributed by atoms with Crippen LogP contribution in [-0.4, -0.2) is 28.1 Å². The average molecular weight is 369 g/mol. The van der Waals surface area contributed by atoms with Crippen molar-refractivity contribution in [1.82, 2.24) is 5.32 Å². The lowest BCUT2D eigenvalue weighted by Gasteiger charge is -2.26. The van der Waals surface area contributed by atoms with Crippen LogP contribution in [0.5, 0.6) is 0 Å². The van der Waals surface area contributed by atoms with Crippen LogP contribution in [0.4, 0.5) is 11.4 Å². The Hall–Kier alpha value is -2.93. The summed E-state index contributed by atoms with van der Waals surface area (Å²) >= 11 is 0. The van der Waals surface area contributed by atoms with Gasteiger partial charge in [-0.3, -0.25) is 14.9 Å². The van der Waals surface area contributed by atoms with E-state index in [0.29, 0.717) is 37.9 Å². The summed E-state index contributed by atoms with van der Waals surface area (Å²) in [6.45, 7) is 0.456. The second kappa shape index (κ2) is 8.64. The number of amides is 1. The van der Waals surface area contributed by atoms with E-state index in [2.05, 4.69) is 10.6 Å². The Morgan fingerprint density at radius 2 is 1.81 bits per heavy atom. The summed E-state index contributed by atoms with van der Waals surface area (Å²) in [5, 5.41) is 27.0. The monoisotopic (exact) mass is 369 g/mol. The van der Waals surface area contributed by atoms with Crippen molar-refractivity contribution in [1.29, 1.82) is 0 Å². The van der Waals surface area contributed by atoms with Gasteiger partial charge in [-0.15, -0.1) is 0 Å². The minimum absolute atomic E-state index is 0.00385. The third-order valence-corrected chi connectivity index (χ3v) is 4.81. The van der Waals surface area contributed by atoms with Crippen molar-refractivity contribution in [3.05, 3.63) is 69.8 Å². The fourth-order valence-electron chi connectivity index (χ4n) is 3.26. The molecule has 142 valence electrons. The third kappa shape index (κ3) is 5.04. The minimum Gasteiger partial charge on any atom is -0.393 e. The number of nitro benzene ring substituents is 1. The molecule has 1 fully saturated rings. The number of anilines is 1. The maximum Gasteiger partial charge on any atom is 0.293 e. The van der Waals surface area contributed by atoms with Crippen LogP contribution >= 0.6 is 0 Å². The van der Waals surface area contributed by atoms with E-state index >= 15 is 0 Å². The second-order valence-electron chi connectivity index (χ2n) is 6.81. The highest BCUT2D eigenvalue weighted by atomic mass is 16.6. The van der Waals surface area contributed by atoms with Gasteiger partial charge in [0.2, 0.25) is 0 Å². The molecule has 1 saturated carbocycles. The molecule has 0 saturated heterocycles. The molecule has 1 aliphatic carbocycles. The first-order valence-corrected chi connectivity index (χ1v) is 9.08. The molecule has 2 aromatic carbocycles. The van der Waals surface area contributed by atoms with Crippen molar-refractivity contribution in [2.24, 2.45) is 0 Å². The molecular weight excluding hydrogens is 346 g/mol. The largest absolute Gasteiger partial charge is 0.393 e. The third-order valence-electron chi connectivity index (χ3n) is 4.81. The minimum atomic E-state index is -0.485. The van der Waals surface area contributed by atoms with Gasteiger partial charge < -0.3 is 15.7 Å². The van der Waals surface area contributed by atoms with Gasteiger partial charge in [-0.25, -0.2) is 0 Å². The Morgan fingerprint density at radius 1 is 1.11 bits per heavy atom. The second-order valence-corrected chi connectivity index (χ2v) is 6.81. The summed E-state index contributed by atoms with van der Waals surface area (Å²) < 4.78 is 0. The Kier molecular flexibility index (Phi) is 6.03. The van der Waals surface area contributed by atoms with Crippen molar-refractivity contribution in [2.45, 2.75) is 44.4 Å². The number of aliphatic hydroxyl groups is 1. The molecule has 0 aromatic heterocycles. The van der Waals surface area contributed by atoms with Crippen LogP contribution in [0.15, 0.2) is 48.5 Å². The summed E-state index contributed by atoms with van der Waals surface area (Å²) in [6, 6.07) is 14.0. The number of nitro groups is 1. The smallest absolute Gasteiger partial charge is 0.293 e. The van der Waals surface area contributed by atoms with Crippen LogP contribution < -0.4 is 10.6 Å². The molecule has 7 nitrogen and oxygen atoms in total. The van der Waals surface area contributed by atoms with Crippen LogP contribution in [0, 0.1) is 10.1 Å². The zero-order valence-electron chi connectivity index (χ0n) is 14.9. The SMILES string of the molecule is O=C(NC1CCC(O)CC1)c1ccc(NCc2ccccc2)c([N+](=O)[O-])c1. The first-order valence-electron chi connectivity index (χ1n) is 9.08. The van der Waals surface area contributed by atoms with Crippen LogP contribution in [0.1, 0.15) is 41.6 Å². The standard InChI is InChI=1S/C20H23N3O4/c24-17-9-7-16(8-10-17)22-20(25)15-6-11-18(19(12-15)23(26)27)21-13-14-4-2-1-3-5-14/h1-6,11-12,16-17,21,24H,7-10,13H2,(H,22,25). The highest BCUT2D eigenvalue weighted by molar-refractivity contribution is 5.95. The van der Waals surface area contributed by atoms with Crippen LogP contribution in [0.25, 0.3) is 0 Å². The highest BCUT2D eigenvalue weighted by Crippen LogP contribution is 2.27. The van der Waals surface area contributed by atoms with Gasteiger partial charge >= 0.3 is 0 Å². The van der Waals surface area contributed by atoms with Crippen LogP contribution in [0.2, 0.25) is 0 Å². The summed E-state index contributed by atoms with van der Waals surface area (Å²) in [5.74, 6) is -0.325. The normalized spacial score (nSPS) is 19.3. The molecule has 0 heterocycles. The maximum atomic E-state index is 12.4. The maximum absolute atomic E-state index is 12.4. The van der Waals surface area contributed by atoms with E-state index in [-0.39, 0.29) is 29.3 Å². The number of nitrogens with one attached hydrogen (secondary N) is 2. The van der Waals surface area contributed by atoms with E-state index in [1.807, 2.05) is 30.3 Å². The topological polar surface area (TPSA) is 104 Å². The number of hydrogen-bond acceptors (Lipinski definition) is 5. The van der Waals surface area contributed by atoms with E-state index in [4.69, 9.17) is 0 Å². The van der Waals surface area contributed by atoms with Gasteiger partial charge in [-0.1, -0.05) is 30.3 Å². The molecule has 1 aliphatic rings. The lowest BCUT2D eigenvalue weighted by atomic mass is 9.93. The van der Waals surface area contributed by atoms with E-state index in [1.165, 1.54) is 6.07 Å². The molecule has 0 radical (unpaired) electrons. The van der Waals surface area contributed by atoms with Gasteiger partial charge in [0.15, 0.2) is 0 Å². The van der Waals surface area contributed by atoms with E-state index < -0.39 is 4.92 Å². The van der Waals surface area contributed by atoms with E-state index in [1.54, 1.807) is 12.1 Å². The van der Waals surface area contributed by atoms with Gasteiger partial charge in [0, 0.05) is 24.2 Å². The Morgan fingerprint density at radius 3 is 2.48 bits per heavy atom. The zero-order valence-corrected chi connectivity index (χ0v) is 14.9. The molecule has 0 spiro atoms. The predicted molar refractivity (Wildman–Crippen MR) is 103 cm³/mol. The lowest BCUT2D eigenvalue weighted by molar-refractivity contribution is -0.384. The fourth-order valence-corrected chi connectivity index (χ4v) is 3.26. The highest BCUT2D eigenvalue weighted by Gasteiger charge is 2.23. The molecule has 0 aliphatic heterocycles. The Bertz CT molecular complexity index is 802. The van der Waals surface area contributed by atoms with Gasteiger partial charge in [-0.05, 0) is 43.4 Å². The molecule has 27 heavy (non-hydrogen) atoms. The van der Waals surface area contributed by atoms with Gasteiger partial charge in [0.25, 0.3) is 11.6 Å². The first-order chi connectivity index (χ1) is 13.0. The molecule has 0 unspecified atom stereocenters. The van der Waals surface area contributed by atoms with Gasteiger partial charge in [-0.2, -0.15) is 0 Å². The first kappa shape index (κ1) is 18.8. The molecule has 2 aromatic rings. The Labute approximate surface area is 157 Å². The molecule has 7 heteroatoms. The van der Waals surface area contributed by atoms with E-state index in [0.717, 1.165) is 5.56 Å². The number of aliphatic hydroxyl groups excluding tert-OH is 1. The number of hydrogen-bond donors (Lipinski definition) is 3. The van der Waals surface area contributed by atoms with Crippen molar-refractivity contribution < 1.29 is 14.8 Å². The van der Waals surface area contributed by atoms with Crippen LogP contribution in [-0.2, 0) is 6.54 Å². The van der Waals surface area contributed by atoms with Crippen molar-refractivity contribution >= 4 is 17.3 Å². The lowest BCUT2D eigenvalue weighted by Crippen LogP contribution is -2.38. The summed E-state index contributed by atoms with van der Waals surface area (Å²) in [5.41, 5.74) is 1.52. The average Bonchev–Trinajstić information content (AvgIpc) is 2.68. The zero-order chi connectivity index (χ0) is 19.2. The quantitative estimate of drug-likeness (QED) is 0.536. The summed E-state index contributed by atoms with van der Waals surface area (Å²) in [7, 11) is 0. The van der Waals surface area contributed by atoms with Crippen LogP contribution in [0.3, 0.4) is 0 Å². The van der Waals surface area contributed by atoms with Gasteiger partial charge in [0.1, 0.15) is 5.69 Å². The van der Waals surface area contributed by atoms with Crippen molar-refractivity contribution in [3.8, 4) is 0 Å². The molecule has 0 bridgehead atoms. The van der Waals surface area contributed by atoms with Crippen molar-refractivity contribution in [3.63, 3.8) is 0 Å². The summed E-state index contributed by atoms with van der Waals surface area (Å²) in [6.07, 6.45) is 2.45. The van der Waals surface area contributed by atoms with Crippen molar-refractivity contribution in [2.75, 3.05) is 5.32 Å².